The number of halogens is 1. The summed E-state index contributed by atoms with van der Waals surface area (Å²) < 4.78 is 6.45. The molecule has 1 aliphatic rings. The van der Waals surface area contributed by atoms with Crippen molar-refractivity contribution in [3.63, 3.8) is 0 Å². The quantitative estimate of drug-likeness (QED) is 0.364. The molecule has 0 N–H and O–H groups in total. The zero-order valence-electron chi connectivity index (χ0n) is 16.6. The van der Waals surface area contributed by atoms with E-state index in [4.69, 9.17) is 4.74 Å². The number of hydrogen-bond donors (Lipinski definition) is 0. The van der Waals surface area contributed by atoms with Gasteiger partial charge in [0.15, 0.2) is 0 Å². The van der Waals surface area contributed by atoms with Gasteiger partial charge in [0.1, 0.15) is 23.4 Å². The Kier molecular flexibility index (Phi) is 6.42. The monoisotopic (exact) mass is 456 g/mol. The molecule has 0 saturated carbocycles. The molecule has 3 nitrogen and oxygen atoms in total. The number of ether oxygens (including phenoxy) is 1. The van der Waals surface area contributed by atoms with Crippen LogP contribution in [0.1, 0.15) is 48.8 Å². The van der Waals surface area contributed by atoms with E-state index in [1.165, 1.54) is 10.4 Å². The van der Waals surface area contributed by atoms with Crippen LogP contribution >= 0.6 is 27.3 Å². The van der Waals surface area contributed by atoms with E-state index in [9.17, 15) is 5.26 Å². The molecule has 1 atom stereocenters. The number of nitrogens with zero attached hydrogens (tertiary/aromatic N) is 2. The lowest BCUT2D eigenvalue weighted by Crippen LogP contribution is -2.26. The molecule has 3 rings (SSSR count). The Morgan fingerprint density at radius 1 is 1.43 bits per heavy atom. The van der Waals surface area contributed by atoms with Crippen molar-refractivity contribution in [2.24, 2.45) is 16.3 Å². The SMILES string of the molecule is C=CCOc1ccc(C=Nc2sc3c(c2C#N)CC[C@@H](C(C)(C)C)C3)cc1Br. The Morgan fingerprint density at radius 3 is 2.86 bits per heavy atom. The van der Waals surface area contributed by atoms with E-state index in [0.717, 1.165) is 45.6 Å². The van der Waals surface area contributed by atoms with Crippen molar-refractivity contribution in [1.29, 1.82) is 5.26 Å². The van der Waals surface area contributed by atoms with Crippen molar-refractivity contribution >= 4 is 38.5 Å². The van der Waals surface area contributed by atoms with Crippen LogP contribution in [0.3, 0.4) is 0 Å². The lowest BCUT2D eigenvalue weighted by atomic mass is 9.72. The Bertz CT molecular complexity index is 947. The maximum atomic E-state index is 9.70. The molecule has 146 valence electrons. The van der Waals surface area contributed by atoms with Gasteiger partial charge >= 0.3 is 0 Å². The minimum absolute atomic E-state index is 0.291. The van der Waals surface area contributed by atoms with E-state index in [1.807, 2.05) is 24.4 Å². The van der Waals surface area contributed by atoms with Gasteiger partial charge in [-0.25, -0.2) is 4.99 Å². The van der Waals surface area contributed by atoms with E-state index >= 15 is 0 Å². The minimum atomic E-state index is 0.291. The molecule has 0 aliphatic heterocycles. The van der Waals surface area contributed by atoms with Crippen molar-refractivity contribution in [2.75, 3.05) is 6.61 Å². The molecule has 0 radical (unpaired) electrons. The van der Waals surface area contributed by atoms with Crippen LogP contribution in [0.5, 0.6) is 5.75 Å². The molecule has 0 spiro atoms. The van der Waals surface area contributed by atoms with Gasteiger partial charge in [-0.1, -0.05) is 33.4 Å². The number of thiophene rings is 1. The molecule has 0 fully saturated rings. The van der Waals surface area contributed by atoms with Crippen molar-refractivity contribution in [1.82, 2.24) is 0 Å². The van der Waals surface area contributed by atoms with Crippen LogP contribution in [0.25, 0.3) is 0 Å². The summed E-state index contributed by atoms with van der Waals surface area (Å²) in [6.45, 7) is 11.0. The molecule has 0 saturated heterocycles. The first kappa shape index (κ1) is 20.8. The van der Waals surface area contributed by atoms with Gasteiger partial charge in [0, 0.05) is 11.1 Å². The molecule has 0 amide bonds. The van der Waals surface area contributed by atoms with Gasteiger partial charge in [-0.2, -0.15) is 5.26 Å². The first-order valence-corrected chi connectivity index (χ1v) is 11.1. The van der Waals surface area contributed by atoms with Crippen LogP contribution < -0.4 is 4.74 Å². The molecule has 1 aromatic carbocycles. The van der Waals surface area contributed by atoms with Crippen molar-refractivity contribution in [3.8, 4) is 11.8 Å². The summed E-state index contributed by atoms with van der Waals surface area (Å²) in [5, 5.41) is 10.5. The second kappa shape index (κ2) is 8.63. The number of hydrogen-bond acceptors (Lipinski definition) is 4. The highest BCUT2D eigenvalue weighted by molar-refractivity contribution is 9.10. The summed E-state index contributed by atoms with van der Waals surface area (Å²) in [7, 11) is 0. The summed E-state index contributed by atoms with van der Waals surface area (Å²) in [5.41, 5.74) is 3.23. The smallest absolute Gasteiger partial charge is 0.134 e. The van der Waals surface area contributed by atoms with Gasteiger partial charge in [-0.05, 0) is 75.9 Å². The van der Waals surface area contributed by atoms with Crippen LogP contribution in [0, 0.1) is 22.7 Å². The summed E-state index contributed by atoms with van der Waals surface area (Å²) >= 11 is 5.21. The number of rotatable bonds is 5. The molecule has 0 bridgehead atoms. The van der Waals surface area contributed by atoms with Crippen LogP contribution in [0.4, 0.5) is 5.00 Å². The van der Waals surface area contributed by atoms with Crippen LogP contribution in [0.2, 0.25) is 0 Å². The normalized spacial score (nSPS) is 16.6. The van der Waals surface area contributed by atoms with Gasteiger partial charge in [-0.15, -0.1) is 11.3 Å². The number of benzene rings is 1. The predicted molar refractivity (Wildman–Crippen MR) is 121 cm³/mol. The first-order chi connectivity index (χ1) is 13.3. The summed E-state index contributed by atoms with van der Waals surface area (Å²) in [6, 6.07) is 8.24. The lowest BCUT2D eigenvalue weighted by Gasteiger charge is -2.33. The van der Waals surface area contributed by atoms with Gasteiger partial charge in [0.25, 0.3) is 0 Å². The van der Waals surface area contributed by atoms with Gasteiger partial charge in [0.2, 0.25) is 0 Å². The molecular formula is C23H25BrN2OS. The number of fused-ring (bicyclic) bond motifs is 1. The Labute approximate surface area is 179 Å². The zero-order chi connectivity index (χ0) is 20.3. The topological polar surface area (TPSA) is 45.4 Å². The summed E-state index contributed by atoms with van der Waals surface area (Å²) in [5.74, 6) is 1.43. The Hall–Kier alpha value is -1.90. The van der Waals surface area contributed by atoms with Crippen molar-refractivity contribution < 1.29 is 4.74 Å². The third kappa shape index (κ3) is 4.56. The van der Waals surface area contributed by atoms with E-state index in [2.05, 4.69) is 54.3 Å². The van der Waals surface area contributed by atoms with E-state index < -0.39 is 0 Å². The van der Waals surface area contributed by atoms with E-state index in [0.29, 0.717) is 17.9 Å². The summed E-state index contributed by atoms with van der Waals surface area (Å²) in [4.78, 5) is 6.00. The third-order valence-electron chi connectivity index (χ3n) is 5.23. The highest BCUT2D eigenvalue weighted by Gasteiger charge is 2.32. The molecule has 1 heterocycles. The Balaban J connectivity index is 1.83. The van der Waals surface area contributed by atoms with Crippen LogP contribution in [-0.2, 0) is 12.8 Å². The molecular weight excluding hydrogens is 432 g/mol. The van der Waals surface area contributed by atoms with Gasteiger partial charge < -0.3 is 4.74 Å². The standard InChI is InChI=1S/C23H25BrN2OS/c1-5-10-27-20-9-6-15(11-19(20)24)14-26-22-18(13-25)17-8-7-16(23(2,3)4)12-21(17)28-22/h5-6,9,11,14,16H,1,7-8,10,12H2,2-4H3/t16-/m1/s1. The highest BCUT2D eigenvalue weighted by Crippen LogP contribution is 2.44. The average molecular weight is 457 g/mol. The molecule has 1 aliphatic carbocycles. The molecule has 1 aromatic heterocycles. The molecule has 28 heavy (non-hydrogen) atoms. The van der Waals surface area contributed by atoms with E-state index in [-0.39, 0.29) is 0 Å². The largest absolute Gasteiger partial charge is 0.488 e. The molecule has 2 aromatic rings. The number of aliphatic imine (C=N–C) groups is 1. The Morgan fingerprint density at radius 2 is 2.21 bits per heavy atom. The second-order valence-corrected chi connectivity index (χ2v) is 10.1. The first-order valence-electron chi connectivity index (χ1n) is 9.45. The fourth-order valence-electron chi connectivity index (χ4n) is 3.51. The molecule has 0 unspecified atom stereocenters. The maximum absolute atomic E-state index is 9.70. The molecule has 5 heteroatoms. The summed E-state index contributed by atoms with van der Waals surface area (Å²) in [6.07, 6.45) is 6.71. The minimum Gasteiger partial charge on any atom is -0.488 e. The van der Waals surface area contributed by atoms with Crippen LogP contribution in [0.15, 0.2) is 40.3 Å². The maximum Gasteiger partial charge on any atom is 0.134 e. The third-order valence-corrected chi connectivity index (χ3v) is 7.01. The highest BCUT2D eigenvalue weighted by atomic mass is 79.9. The average Bonchev–Trinajstić information content (AvgIpc) is 3.01. The van der Waals surface area contributed by atoms with Gasteiger partial charge in [0.05, 0.1) is 10.0 Å². The van der Waals surface area contributed by atoms with Gasteiger partial charge in [-0.3, -0.25) is 0 Å². The van der Waals surface area contributed by atoms with Crippen LogP contribution in [-0.4, -0.2) is 12.8 Å². The van der Waals surface area contributed by atoms with Crippen molar-refractivity contribution in [3.05, 3.63) is 56.9 Å². The second-order valence-electron chi connectivity index (χ2n) is 8.15. The lowest BCUT2D eigenvalue weighted by molar-refractivity contribution is 0.218. The predicted octanol–water partition coefficient (Wildman–Crippen LogP) is 6.85. The van der Waals surface area contributed by atoms with Crippen molar-refractivity contribution in [2.45, 2.75) is 40.0 Å². The van der Waals surface area contributed by atoms with E-state index in [1.54, 1.807) is 17.4 Å². The fraction of sp³-hybridized carbons (Fsp3) is 0.391. The number of nitriles is 1. The fourth-order valence-corrected chi connectivity index (χ4v) is 5.25. The zero-order valence-corrected chi connectivity index (χ0v) is 19.0.